The molecule has 0 bridgehead atoms. The Morgan fingerprint density at radius 3 is 1.29 bits per heavy atom. The van der Waals surface area contributed by atoms with Gasteiger partial charge >= 0.3 is 0 Å². The number of para-hydroxylation sites is 9. The molecule has 17 rings (SSSR count). The van der Waals surface area contributed by atoms with E-state index in [4.69, 9.17) is 0 Å². The van der Waals surface area contributed by atoms with E-state index < -0.39 is 19.4 Å². The van der Waals surface area contributed by atoms with Crippen LogP contribution in [0.1, 0.15) is 13.8 Å². The molecule has 0 radical (unpaired) electrons. The topological polar surface area (TPSA) is 16.2 Å². The molecule has 0 saturated carbocycles. The van der Waals surface area contributed by atoms with E-state index in [9.17, 15) is 0 Å². The molecule has 516 valence electrons. The minimum Gasteiger partial charge on any atom is -0.337 e. The SMILES string of the molecule is CB1c2ccccc2N(c2ccccc2)c2cc(N(c3ccccc3)c3ccccc3)cc(N(c3ccccc3F)C(C)[C@@H](C)B3c4ccccc4N(c4c(-c5ccccc5)cccc4-c4ccccc4)c4cc(N(c5ccccc5)c5c(-c6ccccc6)cccc5-c5ccccc5)cc(SCCF)c43)c21. The van der Waals surface area contributed by atoms with Gasteiger partial charge in [-0.1, -0.05) is 304 Å². The number of nitrogens with zero attached hydrogens (tertiary/aromatic N) is 5. The molecule has 0 aliphatic carbocycles. The number of rotatable bonds is 20. The summed E-state index contributed by atoms with van der Waals surface area (Å²) in [4.78, 5) is 13.0. The average molecular weight is 1400 g/mol. The van der Waals surface area contributed by atoms with Crippen molar-refractivity contribution in [3.05, 3.63) is 382 Å². The lowest BCUT2D eigenvalue weighted by atomic mass is 9.31. The van der Waals surface area contributed by atoms with Gasteiger partial charge in [0.05, 0.1) is 29.4 Å². The van der Waals surface area contributed by atoms with Crippen molar-refractivity contribution < 1.29 is 8.78 Å². The van der Waals surface area contributed by atoms with Crippen LogP contribution in [-0.4, -0.2) is 31.9 Å². The Hall–Kier alpha value is -12.4. The van der Waals surface area contributed by atoms with E-state index in [0.717, 1.165) is 145 Å². The highest BCUT2D eigenvalue weighted by atomic mass is 32.2. The second-order valence-electron chi connectivity index (χ2n) is 27.6. The molecular formula is C97H77B2F2N5S. The van der Waals surface area contributed by atoms with Gasteiger partial charge in [0.1, 0.15) is 5.82 Å². The lowest BCUT2D eigenvalue weighted by Crippen LogP contribution is -2.57. The van der Waals surface area contributed by atoms with Crippen molar-refractivity contribution in [1.29, 1.82) is 0 Å². The van der Waals surface area contributed by atoms with Crippen molar-refractivity contribution >= 4 is 127 Å². The quantitative estimate of drug-likeness (QED) is 0.0554. The van der Waals surface area contributed by atoms with E-state index in [1.807, 2.05) is 12.1 Å². The van der Waals surface area contributed by atoms with Crippen LogP contribution in [0.15, 0.2) is 381 Å². The minimum atomic E-state index is -0.556. The summed E-state index contributed by atoms with van der Waals surface area (Å²) in [7, 11) is 0. The molecule has 0 amide bonds. The molecule has 2 atom stereocenters. The van der Waals surface area contributed by atoms with Crippen LogP contribution in [0.2, 0.25) is 12.6 Å². The van der Waals surface area contributed by atoms with Crippen LogP contribution in [0.3, 0.4) is 0 Å². The summed E-state index contributed by atoms with van der Waals surface area (Å²) in [5, 5.41) is 0. The molecule has 2 heterocycles. The maximum Gasteiger partial charge on any atom is 0.221 e. The lowest BCUT2D eigenvalue weighted by molar-refractivity contribution is 0.533. The Morgan fingerprint density at radius 2 is 0.776 bits per heavy atom. The van der Waals surface area contributed by atoms with Crippen LogP contribution in [-0.2, 0) is 0 Å². The van der Waals surface area contributed by atoms with Crippen LogP contribution in [0.5, 0.6) is 0 Å². The van der Waals surface area contributed by atoms with E-state index in [2.05, 4.69) is 397 Å². The van der Waals surface area contributed by atoms with Crippen LogP contribution in [0, 0.1) is 5.82 Å². The third-order valence-electron chi connectivity index (χ3n) is 21.4. The summed E-state index contributed by atoms with van der Waals surface area (Å²) < 4.78 is 34.3. The van der Waals surface area contributed by atoms with Crippen molar-refractivity contribution in [2.75, 3.05) is 36.9 Å². The number of halogens is 2. The van der Waals surface area contributed by atoms with Gasteiger partial charge in [0.15, 0.2) is 0 Å². The number of hydrogen-bond acceptors (Lipinski definition) is 6. The summed E-state index contributed by atoms with van der Waals surface area (Å²) in [5.41, 5.74) is 25.9. The minimum absolute atomic E-state index is 0.166. The fourth-order valence-corrected chi connectivity index (χ4v) is 17.5. The molecular weight excluding hydrogens is 1330 g/mol. The molecule has 107 heavy (non-hydrogen) atoms. The van der Waals surface area contributed by atoms with Crippen molar-refractivity contribution in [3.8, 4) is 44.5 Å². The third kappa shape index (κ3) is 12.7. The number of thioether (sulfide) groups is 1. The maximum absolute atomic E-state index is 18.3. The zero-order valence-electron chi connectivity index (χ0n) is 59.9. The van der Waals surface area contributed by atoms with Gasteiger partial charge in [-0.15, -0.1) is 11.8 Å². The van der Waals surface area contributed by atoms with Crippen molar-refractivity contribution in [2.45, 2.75) is 37.4 Å². The van der Waals surface area contributed by atoms with Gasteiger partial charge < -0.3 is 24.5 Å². The summed E-state index contributed by atoms with van der Waals surface area (Å²) in [6, 6.07) is 133. The van der Waals surface area contributed by atoms with Crippen LogP contribution in [0.4, 0.5) is 88.4 Å². The molecule has 0 N–H and O–H groups in total. The van der Waals surface area contributed by atoms with Gasteiger partial charge in [0.2, 0.25) is 13.4 Å². The predicted octanol–water partition coefficient (Wildman–Crippen LogP) is 24.5. The molecule has 0 saturated heterocycles. The highest BCUT2D eigenvalue weighted by Gasteiger charge is 2.46. The summed E-state index contributed by atoms with van der Waals surface area (Å²) in [6.07, 6.45) is 0. The number of alkyl halides is 1. The Labute approximate surface area is 632 Å². The second kappa shape index (κ2) is 30.0. The van der Waals surface area contributed by atoms with Crippen molar-refractivity contribution in [2.24, 2.45) is 0 Å². The molecule has 15 aromatic rings. The second-order valence-corrected chi connectivity index (χ2v) is 28.7. The van der Waals surface area contributed by atoms with E-state index in [1.54, 1.807) is 23.9 Å². The summed E-state index contributed by atoms with van der Waals surface area (Å²) in [6.45, 7) is 5.87. The number of benzene rings is 15. The van der Waals surface area contributed by atoms with Crippen LogP contribution in [0.25, 0.3) is 44.5 Å². The van der Waals surface area contributed by atoms with Gasteiger partial charge in [0.25, 0.3) is 0 Å². The first kappa shape index (κ1) is 67.8. The normalized spacial score (nSPS) is 12.7. The van der Waals surface area contributed by atoms with Gasteiger partial charge in [-0.05, 0) is 143 Å². The van der Waals surface area contributed by atoms with Gasteiger partial charge in [-0.3, -0.25) is 4.39 Å². The first-order valence-corrected chi connectivity index (χ1v) is 37.9. The van der Waals surface area contributed by atoms with Crippen molar-refractivity contribution in [3.63, 3.8) is 0 Å². The number of hydrogen-bond donors (Lipinski definition) is 0. The standard InChI is InChI=1S/C97H77B2F2N5S/c1-68(69(2)102(89-61-33-30-58-86(89)101)90-64-78(103(74-44-20-8-21-45-74)75-46-22-9-23-47-75)65-91-94(90)98(3)84-56-28-31-59-87(84)105(91)77-50-26-11-27-51-77)99-85-57-29-32-60-88(85)106(97-82(72-40-16-6-17-41-72)54-35-55-83(97)73-42-18-7-19-43-73)92-66-79(67-93(95(92)99)107-63-62-100)104(76-48-24-10-25-49-76)96-80(70-36-12-4-13-37-70)52-34-53-81(96)71-38-14-5-15-39-71/h4-61,64-69H,62-63H2,1-3H3/t68-,69?/m1/s1. The van der Waals surface area contributed by atoms with E-state index in [0.29, 0.717) is 5.69 Å². The fourth-order valence-electron chi connectivity index (χ4n) is 16.6. The molecule has 0 fully saturated rings. The van der Waals surface area contributed by atoms with E-state index in [-0.39, 0.29) is 24.1 Å². The largest absolute Gasteiger partial charge is 0.337 e. The predicted molar refractivity (Wildman–Crippen MR) is 453 cm³/mol. The molecule has 10 heteroatoms. The molecule has 5 nitrogen and oxygen atoms in total. The zero-order valence-corrected chi connectivity index (χ0v) is 60.7. The summed E-state index contributed by atoms with van der Waals surface area (Å²) in [5.74, 6) is -0.467. The highest BCUT2D eigenvalue weighted by Crippen LogP contribution is 2.54. The fraction of sp³-hybridized carbons (Fsp3) is 0.0722. The Kier molecular flexibility index (Phi) is 19.0. The maximum atomic E-state index is 18.3. The first-order chi connectivity index (χ1) is 52.8. The molecule has 0 aromatic heterocycles. The highest BCUT2D eigenvalue weighted by molar-refractivity contribution is 7.99. The van der Waals surface area contributed by atoms with Crippen molar-refractivity contribution in [1.82, 2.24) is 0 Å². The smallest absolute Gasteiger partial charge is 0.221 e. The zero-order chi connectivity index (χ0) is 72.3. The van der Waals surface area contributed by atoms with E-state index >= 15 is 8.78 Å². The molecule has 2 aliphatic rings. The first-order valence-electron chi connectivity index (χ1n) is 37.0. The van der Waals surface area contributed by atoms with Gasteiger partial charge in [-0.2, -0.15) is 0 Å². The summed E-state index contributed by atoms with van der Waals surface area (Å²) >= 11 is 1.57. The van der Waals surface area contributed by atoms with Gasteiger partial charge in [-0.25, -0.2) is 4.39 Å². The van der Waals surface area contributed by atoms with Gasteiger partial charge in [0, 0.05) is 95.8 Å². The number of anilines is 14. The monoisotopic (exact) mass is 1400 g/mol. The Balaban J connectivity index is 0.967. The lowest BCUT2D eigenvalue weighted by Gasteiger charge is -2.46. The molecule has 1 unspecified atom stereocenters. The Bertz CT molecular complexity index is 5480. The molecule has 2 aliphatic heterocycles. The average Bonchev–Trinajstić information content (AvgIpc) is 0.723. The molecule has 15 aromatic carbocycles. The molecule has 0 spiro atoms. The van der Waals surface area contributed by atoms with Crippen LogP contribution >= 0.6 is 11.8 Å². The Morgan fingerprint density at radius 1 is 0.364 bits per heavy atom. The van der Waals surface area contributed by atoms with Crippen LogP contribution < -0.4 is 46.4 Å². The third-order valence-corrected chi connectivity index (χ3v) is 22.4. The van der Waals surface area contributed by atoms with E-state index in [1.165, 1.54) is 0 Å². The number of fused-ring (bicyclic) bond motifs is 4.